The predicted octanol–water partition coefficient (Wildman–Crippen LogP) is 6.43. The number of carbonyl (C=O) groups excluding carboxylic acids is 1. The van der Waals surface area contributed by atoms with E-state index in [1.54, 1.807) is 12.3 Å². The van der Waals surface area contributed by atoms with E-state index in [1.807, 2.05) is 50.2 Å². The molecule has 4 rings (SSSR count). The van der Waals surface area contributed by atoms with Crippen molar-refractivity contribution in [3.63, 3.8) is 0 Å². The number of para-hydroxylation sites is 1. The molecule has 1 N–H and O–H groups in total. The fraction of sp³-hybridized carbons (Fsp3) is 0.214. The summed E-state index contributed by atoms with van der Waals surface area (Å²) in [5.74, 6) is 1.71. The third-order valence-electron chi connectivity index (χ3n) is 5.99. The first kappa shape index (κ1) is 27.2. The summed E-state index contributed by atoms with van der Waals surface area (Å²) in [6, 6.07) is 9.21. The minimum atomic E-state index is -0.0730. The van der Waals surface area contributed by atoms with Gasteiger partial charge in [0.15, 0.2) is 11.6 Å². The molecular formula is C28H27Cl2N5O3. The van der Waals surface area contributed by atoms with Crippen molar-refractivity contribution in [2.45, 2.75) is 13.3 Å². The van der Waals surface area contributed by atoms with Crippen molar-refractivity contribution in [1.29, 1.82) is 0 Å². The van der Waals surface area contributed by atoms with E-state index >= 15 is 0 Å². The molecule has 0 atom stereocenters. The molecule has 38 heavy (non-hydrogen) atoms. The predicted molar refractivity (Wildman–Crippen MR) is 154 cm³/mol. The van der Waals surface area contributed by atoms with Crippen LogP contribution in [0.1, 0.15) is 11.1 Å². The van der Waals surface area contributed by atoms with Crippen molar-refractivity contribution >= 4 is 57.3 Å². The molecule has 0 aliphatic heterocycles. The Labute approximate surface area is 231 Å². The first-order chi connectivity index (χ1) is 18.2. The van der Waals surface area contributed by atoms with Crippen molar-refractivity contribution in [3.8, 4) is 22.8 Å². The second-order valence-electron chi connectivity index (χ2n) is 8.72. The van der Waals surface area contributed by atoms with Crippen LogP contribution in [0.4, 0.5) is 17.5 Å². The molecule has 2 aromatic heterocycles. The summed E-state index contributed by atoms with van der Waals surface area (Å²) in [7, 11) is 6.78. The Morgan fingerprint density at radius 1 is 1.11 bits per heavy atom. The molecule has 0 amide bonds. The monoisotopic (exact) mass is 551 g/mol. The normalized spacial score (nSPS) is 10.8. The first-order valence-electron chi connectivity index (χ1n) is 11.6. The topological polar surface area (TPSA) is 89.5 Å². The maximum atomic E-state index is 12.0. The molecule has 0 saturated heterocycles. The van der Waals surface area contributed by atoms with Crippen LogP contribution in [0, 0.1) is 6.92 Å². The number of hydrogen-bond donors (Lipinski definition) is 1. The van der Waals surface area contributed by atoms with Gasteiger partial charge < -0.3 is 19.7 Å². The van der Waals surface area contributed by atoms with Gasteiger partial charge in [-0.25, -0.2) is 15.0 Å². The summed E-state index contributed by atoms with van der Waals surface area (Å²) in [6.07, 6.45) is 3.25. The number of ketones is 1. The van der Waals surface area contributed by atoms with Gasteiger partial charge in [-0.05, 0) is 30.2 Å². The van der Waals surface area contributed by atoms with Crippen LogP contribution in [0.3, 0.4) is 0 Å². The number of allylic oxidation sites excluding steroid dienone is 1. The lowest BCUT2D eigenvalue weighted by molar-refractivity contribution is -0.114. The number of benzene rings is 2. The van der Waals surface area contributed by atoms with Crippen molar-refractivity contribution in [1.82, 2.24) is 15.0 Å². The number of ether oxygens (including phenoxy) is 2. The largest absolute Gasteiger partial charge is 0.495 e. The van der Waals surface area contributed by atoms with Crippen LogP contribution >= 0.6 is 23.2 Å². The number of methoxy groups -OCH3 is 2. The molecule has 4 aromatic rings. The lowest BCUT2D eigenvalue weighted by Crippen LogP contribution is -2.13. The Hall–Kier alpha value is -3.88. The number of nitrogens with one attached hydrogen (secondary N) is 1. The molecule has 196 valence electrons. The van der Waals surface area contributed by atoms with E-state index in [0.29, 0.717) is 50.1 Å². The third kappa shape index (κ3) is 5.23. The number of carbonyl (C=O) groups is 1. The number of aryl methyl sites for hydroxylation is 1. The van der Waals surface area contributed by atoms with E-state index in [0.717, 1.165) is 22.2 Å². The van der Waals surface area contributed by atoms with E-state index in [1.165, 1.54) is 20.3 Å². The van der Waals surface area contributed by atoms with Gasteiger partial charge in [0.25, 0.3) is 0 Å². The highest BCUT2D eigenvalue weighted by Gasteiger charge is 2.22. The van der Waals surface area contributed by atoms with Gasteiger partial charge in [-0.1, -0.05) is 48.0 Å². The molecule has 0 saturated carbocycles. The van der Waals surface area contributed by atoms with Gasteiger partial charge in [0, 0.05) is 49.4 Å². The van der Waals surface area contributed by atoms with Gasteiger partial charge in [-0.3, -0.25) is 4.79 Å². The van der Waals surface area contributed by atoms with E-state index in [2.05, 4.69) is 16.9 Å². The van der Waals surface area contributed by atoms with Crippen molar-refractivity contribution in [2.24, 2.45) is 0 Å². The van der Waals surface area contributed by atoms with Gasteiger partial charge in [-0.2, -0.15) is 0 Å². The molecule has 8 nitrogen and oxygen atoms in total. The van der Waals surface area contributed by atoms with Crippen molar-refractivity contribution in [2.75, 3.05) is 38.5 Å². The van der Waals surface area contributed by atoms with Crippen LogP contribution in [0.25, 0.3) is 22.2 Å². The van der Waals surface area contributed by atoms with Gasteiger partial charge in [0.2, 0.25) is 5.95 Å². The van der Waals surface area contributed by atoms with Gasteiger partial charge >= 0.3 is 0 Å². The average Bonchev–Trinajstić information content (AvgIpc) is 2.90. The zero-order valence-corrected chi connectivity index (χ0v) is 23.2. The summed E-state index contributed by atoms with van der Waals surface area (Å²) in [5.41, 5.74) is 4.18. The fourth-order valence-electron chi connectivity index (χ4n) is 4.06. The zero-order valence-electron chi connectivity index (χ0n) is 21.7. The number of halogens is 2. The number of aromatic nitrogens is 3. The number of anilines is 3. The smallest absolute Gasteiger partial charge is 0.227 e. The van der Waals surface area contributed by atoms with Crippen LogP contribution in [-0.2, 0) is 11.2 Å². The standard InChI is InChI=1S/C28H27Cl2N5O3/c1-7-18(36)11-16-10-8-9-15(2)25(16)33-28-31-14-17-12-19(32-27(35(3)4)26(17)34-28)22-23(29)20(37-5)13-21(38-6)24(22)30/h7-10,12-14H,1,11H2,2-6H3,(H,31,33,34). The molecule has 10 heteroatoms. The van der Waals surface area contributed by atoms with Crippen molar-refractivity contribution in [3.05, 3.63) is 70.4 Å². The summed E-state index contributed by atoms with van der Waals surface area (Å²) < 4.78 is 10.8. The highest BCUT2D eigenvalue weighted by Crippen LogP contribution is 2.46. The quantitative estimate of drug-likeness (QED) is 0.238. The number of rotatable bonds is 9. The lowest BCUT2D eigenvalue weighted by Gasteiger charge is -2.19. The molecule has 0 bridgehead atoms. The highest BCUT2D eigenvalue weighted by atomic mass is 35.5. The maximum absolute atomic E-state index is 12.0. The van der Waals surface area contributed by atoms with Crippen LogP contribution in [0.2, 0.25) is 10.0 Å². The maximum Gasteiger partial charge on any atom is 0.227 e. The van der Waals surface area contributed by atoms with Gasteiger partial charge in [0.1, 0.15) is 17.0 Å². The fourth-order valence-corrected chi connectivity index (χ4v) is 4.75. The molecule has 0 radical (unpaired) electrons. The molecule has 2 heterocycles. The van der Waals surface area contributed by atoms with Crippen LogP contribution in [-0.4, -0.2) is 49.1 Å². The zero-order chi connectivity index (χ0) is 27.6. The number of pyridine rings is 1. The van der Waals surface area contributed by atoms with Crippen LogP contribution in [0.15, 0.2) is 49.2 Å². The van der Waals surface area contributed by atoms with Crippen molar-refractivity contribution < 1.29 is 14.3 Å². The second-order valence-corrected chi connectivity index (χ2v) is 9.48. The Balaban J connectivity index is 1.85. The molecule has 0 fully saturated rings. The van der Waals surface area contributed by atoms with E-state index in [4.69, 9.17) is 42.6 Å². The Bertz CT molecular complexity index is 1530. The Kier molecular flexibility index (Phi) is 8.04. The summed E-state index contributed by atoms with van der Waals surface area (Å²) in [6.45, 7) is 5.53. The molecule has 0 unspecified atom stereocenters. The summed E-state index contributed by atoms with van der Waals surface area (Å²) in [4.78, 5) is 28.1. The SMILES string of the molecule is C=CC(=O)Cc1cccc(C)c1Nc1ncc2cc(-c3c(Cl)c(OC)cc(OC)c3Cl)nc(N(C)C)c2n1. The van der Waals surface area contributed by atoms with Crippen LogP contribution < -0.4 is 19.7 Å². The minimum Gasteiger partial charge on any atom is -0.495 e. The third-order valence-corrected chi connectivity index (χ3v) is 6.74. The van der Waals surface area contributed by atoms with E-state index < -0.39 is 0 Å². The van der Waals surface area contributed by atoms with E-state index in [-0.39, 0.29) is 12.2 Å². The number of hydrogen-bond acceptors (Lipinski definition) is 8. The lowest BCUT2D eigenvalue weighted by atomic mass is 10.0. The van der Waals surface area contributed by atoms with Gasteiger partial charge in [0.05, 0.1) is 30.0 Å². The molecule has 0 aliphatic rings. The Morgan fingerprint density at radius 2 is 1.79 bits per heavy atom. The average molecular weight is 552 g/mol. The summed E-state index contributed by atoms with van der Waals surface area (Å²) in [5, 5.41) is 4.65. The molecule has 2 aromatic carbocycles. The minimum absolute atomic E-state index is 0.0730. The first-order valence-corrected chi connectivity index (χ1v) is 12.4. The van der Waals surface area contributed by atoms with Crippen LogP contribution in [0.5, 0.6) is 11.5 Å². The highest BCUT2D eigenvalue weighted by molar-refractivity contribution is 6.41. The number of fused-ring (bicyclic) bond motifs is 1. The molecule has 0 spiro atoms. The van der Waals surface area contributed by atoms with Gasteiger partial charge in [-0.15, -0.1) is 0 Å². The number of nitrogens with zero attached hydrogens (tertiary/aromatic N) is 4. The second kappa shape index (κ2) is 11.2. The molecular weight excluding hydrogens is 525 g/mol. The van der Waals surface area contributed by atoms with E-state index in [9.17, 15) is 4.79 Å². The Morgan fingerprint density at radius 3 is 2.39 bits per heavy atom. The summed E-state index contributed by atoms with van der Waals surface area (Å²) >= 11 is 13.3. The molecule has 0 aliphatic carbocycles.